The normalized spacial score (nSPS) is 25.2. The molecule has 1 saturated heterocycles. The third-order valence-corrected chi connectivity index (χ3v) is 14.1. The third kappa shape index (κ3) is 10.1. The number of ether oxygens (including phenoxy) is 2. The molecule has 1 fully saturated rings. The van der Waals surface area contributed by atoms with Gasteiger partial charge in [0.15, 0.2) is 0 Å². The molecule has 0 aromatic heterocycles. The van der Waals surface area contributed by atoms with Crippen molar-refractivity contribution in [1.82, 2.24) is 0 Å². The Bertz CT molecular complexity index is 1460. The number of benzene rings is 2. The summed E-state index contributed by atoms with van der Waals surface area (Å²) in [5.74, 6) is -1.30. The molecule has 0 aliphatic carbocycles. The molecule has 0 spiro atoms. The summed E-state index contributed by atoms with van der Waals surface area (Å²) in [6.07, 6.45) is -4.00. The number of rotatable bonds is 12. The molecule has 9 atom stereocenters. The van der Waals surface area contributed by atoms with Crippen molar-refractivity contribution >= 4 is 101 Å². The van der Waals surface area contributed by atoms with Gasteiger partial charge in [0, 0.05) is 0 Å². The van der Waals surface area contributed by atoms with Crippen LogP contribution in [-0.4, -0.2) is 42.7 Å². The molecular formula is C21H24ClO8P11+2. The van der Waals surface area contributed by atoms with Crippen LogP contribution in [0.25, 0.3) is 0 Å². The van der Waals surface area contributed by atoms with Gasteiger partial charge in [-0.05, 0) is 6.92 Å². The zero-order valence-electron chi connectivity index (χ0n) is 21.2. The Hall–Kier alpha value is 2.72. The van der Waals surface area contributed by atoms with Crippen molar-refractivity contribution in [3.8, 4) is 5.75 Å². The van der Waals surface area contributed by atoms with Gasteiger partial charge in [-0.15, -0.1) is 0 Å². The predicted molar refractivity (Wildman–Crippen MR) is 183 cm³/mol. The van der Waals surface area contributed by atoms with Crippen LogP contribution in [0.4, 0.5) is 0 Å². The summed E-state index contributed by atoms with van der Waals surface area (Å²) in [6.45, 7) is 1.78. The number of hydrogen-bond donors (Lipinski definition) is 1. The standard InChI is InChI=1S/C21H24ClO8P11/c1-2-24-13-6-3-11(4-7-13)17(27-32)14-9-12(5-8-15(14)22)21(23)20(30-41(36)40-35)19(29-38-39-34)18(28-37-33)16(26-21)10-25-31/h3-9,16-20,23H,2,10,31-32H2,1H3/q+2/t16-,17?,18-,19+,20-,21+/m1/s1. The van der Waals surface area contributed by atoms with Gasteiger partial charge in [0.05, 0.1) is 6.61 Å². The minimum absolute atomic E-state index is 0.0629. The fourth-order valence-electron chi connectivity index (χ4n) is 4.26. The molecule has 2 aromatic carbocycles. The average molecular weight is 781 g/mol. The number of aliphatic hydroxyl groups is 1. The van der Waals surface area contributed by atoms with Gasteiger partial charge < -0.3 is 4.74 Å². The van der Waals surface area contributed by atoms with Crippen molar-refractivity contribution in [3.05, 3.63) is 64.2 Å². The molecule has 3 rings (SSSR count). The van der Waals surface area contributed by atoms with Crippen molar-refractivity contribution in [2.45, 2.75) is 43.2 Å². The minimum atomic E-state index is -2.04. The van der Waals surface area contributed by atoms with Crippen LogP contribution < -0.4 is 4.74 Å². The van der Waals surface area contributed by atoms with Gasteiger partial charge in [-0.25, -0.2) is 0 Å². The van der Waals surface area contributed by atoms with Gasteiger partial charge >= 0.3 is 246 Å². The first-order valence-electron chi connectivity index (χ1n) is 11.6. The third-order valence-electron chi connectivity index (χ3n) is 5.95. The zero-order chi connectivity index (χ0) is 30.0. The molecule has 0 saturated carbocycles. The molecule has 0 bridgehead atoms. The molecule has 216 valence electrons. The topological polar surface area (TPSA) is 84.8 Å². The van der Waals surface area contributed by atoms with Gasteiger partial charge in [-0.2, -0.15) is 0 Å². The first-order chi connectivity index (χ1) is 19.8. The molecule has 0 amide bonds. The van der Waals surface area contributed by atoms with E-state index in [1.165, 1.54) is 0 Å². The maximum atomic E-state index is 12.4. The first kappa shape index (κ1) is 38.2. The van der Waals surface area contributed by atoms with E-state index in [-0.39, 0.29) is 6.61 Å². The predicted octanol–water partition coefficient (Wildman–Crippen LogP) is 11.3. The molecule has 1 heterocycles. The number of hydrogen-bond acceptors (Lipinski definition) is 8. The molecule has 1 aliphatic heterocycles. The van der Waals surface area contributed by atoms with Crippen LogP contribution >= 0.6 is 101 Å². The summed E-state index contributed by atoms with van der Waals surface area (Å²) >= 11 is 6.69. The van der Waals surface area contributed by atoms with Crippen molar-refractivity contribution in [2.75, 3.05) is 13.2 Å². The second-order valence-corrected chi connectivity index (χ2v) is 19.4. The summed E-state index contributed by atoms with van der Waals surface area (Å²) in [5.41, 5.74) is 1.77. The Balaban J connectivity index is 2.18. The molecule has 20 heteroatoms. The molecule has 41 heavy (non-hydrogen) atoms. The zero-order valence-corrected chi connectivity index (χ0v) is 32.3. The number of halogens is 1. The van der Waals surface area contributed by atoms with Crippen molar-refractivity contribution < 1.29 is 37.2 Å². The first-order valence-corrected chi connectivity index (χ1v) is 23.6. The Morgan fingerprint density at radius 3 is 2.51 bits per heavy atom. The van der Waals surface area contributed by atoms with Gasteiger partial charge in [-0.3, -0.25) is 0 Å². The monoisotopic (exact) mass is 780 g/mol. The van der Waals surface area contributed by atoms with Crippen molar-refractivity contribution in [3.63, 3.8) is 0 Å². The van der Waals surface area contributed by atoms with Crippen molar-refractivity contribution in [1.29, 1.82) is 0 Å². The van der Waals surface area contributed by atoms with Crippen LogP contribution in [0.3, 0.4) is 0 Å². The Kier molecular flexibility index (Phi) is 18.2. The van der Waals surface area contributed by atoms with Gasteiger partial charge in [0.2, 0.25) is 0 Å². The fourth-order valence-corrected chi connectivity index (χ4v) is 8.50. The summed E-state index contributed by atoms with van der Waals surface area (Å²) in [4.78, 5) is 0. The van der Waals surface area contributed by atoms with Crippen LogP contribution in [-0.2, 0) is 33.1 Å². The summed E-state index contributed by atoms with van der Waals surface area (Å²) in [7, 11) is 23.2. The van der Waals surface area contributed by atoms with Crippen LogP contribution in [0.15, 0.2) is 42.5 Å². The Labute approximate surface area is 263 Å². The van der Waals surface area contributed by atoms with Crippen molar-refractivity contribution in [2.24, 2.45) is 0 Å². The van der Waals surface area contributed by atoms with E-state index in [1.54, 1.807) is 18.2 Å². The molecule has 0 radical (unpaired) electrons. The van der Waals surface area contributed by atoms with Crippen LogP contribution in [0, 0.1) is 0 Å². The van der Waals surface area contributed by atoms with E-state index in [2.05, 4.69) is 52.3 Å². The fraction of sp³-hybridized carbons (Fsp3) is 0.429. The van der Waals surface area contributed by atoms with Gasteiger partial charge in [0.1, 0.15) is 0 Å². The van der Waals surface area contributed by atoms with Gasteiger partial charge in [0.25, 0.3) is 0 Å². The molecule has 8 nitrogen and oxygen atoms in total. The van der Waals surface area contributed by atoms with Crippen LogP contribution in [0.2, 0.25) is 5.02 Å². The van der Waals surface area contributed by atoms with Gasteiger partial charge in [-0.1, -0.05) is 0 Å². The molecule has 4 unspecified atom stereocenters. The summed E-state index contributed by atoms with van der Waals surface area (Å²) in [6, 6.07) is 12.6. The van der Waals surface area contributed by atoms with E-state index < -0.39 is 43.2 Å². The van der Waals surface area contributed by atoms with Crippen LogP contribution in [0.1, 0.15) is 29.7 Å². The Morgan fingerprint density at radius 1 is 1.20 bits per heavy atom. The summed E-state index contributed by atoms with van der Waals surface area (Å²) in [5, 5.41) is 12.8. The molecule has 1 N–H and O–H groups in total. The SMILES string of the molecule is CCOc1ccc(C(OP)c2cc([C@]3(O)O[C@H](COP)[C@@H](O[P+]#P)[C@H](OP=P#P)[C@H]3OP(#P)[P+]#P)ccc2Cl)cc1. The van der Waals surface area contributed by atoms with E-state index in [1.807, 2.05) is 31.2 Å². The van der Waals surface area contributed by atoms with E-state index in [0.717, 1.165) is 11.3 Å². The van der Waals surface area contributed by atoms with E-state index in [4.69, 9.17) is 43.7 Å². The maximum absolute atomic E-state index is 12.4. The molecule has 1 aliphatic rings. The van der Waals surface area contributed by atoms with E-state index in [9.17, 15) is 5.11 Å². The second kappa shape index (κ2) is 19.5. The average Bonchev–Trinajstić information content (AvgIpc) is 2.97. The molecular weight excluding hydrogens is 756 g/mol. The summed E-state index contributed by atoms with van der Waals surface area (Å²) < 4.78 is 41.4. The Morgan fingerprint density at radius 2 is 1.93 bits per heavy atom. The van der Waals surface area contributed by atoms with E-state index >= 15 is 0 Å². The quantitative estimate of drug-likeness (QED) is 0.213. The molecule has 2 aromatic rings. The second-order valence-electron chi connectivity index (χ2n) is 8.20. The van der Waals surface area contributed by atoms with E-state index in [0.29, 0.717) is 53.1 Å². The van der Waals surface area contributed by atoms with Crippen LogP contribution in [0.5, 0.6) is 5.75 Å².